The number of benzene rings is 2. The van der Waals surface area contributed by atoms with E-state index in [0.717, 1.165) is 61.6 Å². The minimum absolute atomic E-state index is 0.0408. The van der Waals surface area contributed by atoms with Crippen molar-refractivity contribution in [1.82, 2.24) is 24.8 Å². The number of ether oxygens (including phenoxy) is 1. The molecule has 3 saturated heterocycles. The molecule has 10 nitrogen and oxygen atoms in total. The lowest BCUT2D eigenvalue weighted by Gasteiger charge is -2.45. The standard InChI is InChI=1S/C33H39N7O3/c1-24-4-8-26(9-5-24)33(42)14-19-38(20-15-33)28-3-2-18-40-29(28)36-31(37-40)35-27-10-6-25(7-11-27)30(41)39-21-22-43-32(23-39)12-16-34-17-13-32/h2-11,18,34,42H,12-17,19-23H2,1H3,(H,35,37). The van der Waals surface area contributed by atoms with Crippen LogP contribution in [0.1, 0.15) is 47.2 Å². The first kappa shape index (κ1) is 27.8. The molecule has 3 fully saturated rings. The van der Waals surface area contributed by atoms with Gasteiger partial charge in [-0.15, -0.1) is 5.10 Å². The summed E-state index contributed by atoms with van der Waals surface area (Å²) in [6, 6.07) is 19.8. The van der Waals surface area contributed by atoms with Gasteiger partial charge in [0.15, 0.2) is 5.65 Å². The lowest BCUT2D eigenvalue weighted by molar-refractivity contribution is -0.114. The van der Waals surface area contributed by atoms with Gasteiger partial charge >= 0.3 is 0 Å². The SMILES string of the molecule is Cc1ccc(C2(O)CCN(c3cccn4nc(Nc5ccc(C(=O)N6CCOC7(CCNCC7)C6)cc5)nc34)CC2)cc1. The normalized spacial score (nSPS) is 20.0. The maximum Gasteiger partial charge on any atom is 0.254 e. The molecule has 3 N–H and O–H groups in total. The quantitative estimate of drug-likeness (QED) is 0.326. The summed E-state index contributed by atoms with van der Waals surface area (Å²) in [5.41, 5.74) is 4.36. The topological polar surface area (TPSA) is 107 Å². The van der Waals surface area contributed by atoms with E-state index in [9.17, 15) is 9.90 Å². The Morgan fingerprint density at radius 1 is 0.977 bits per heavy atom. The van der Waals surface area contributed by atoms with Crippen LogP contribution >= 0.6 is 0 Å². The molecule has 0 unspecified atom stereocenters. The Morgan fingerprint density at radius 3 is 2.47 bits per heavy atom. The molecule has 2 aromatic heterocycles. The summed E-state index contributed by atoms with van der Waals surface area (Å²) in [6.07, 6.45) is 5.04. The van der Waals surface area contributed by atoms with E-state index in [1.165, 1.54) is 5.56 Å². The molecule has 1 amide bonds. The van der Waals surface area contributed by atoms with Crippen LogP contribution in [0.2, 0.25) is 0 Å². The maximum absolute atomic E-state index is 13.3. The molecule has 0 saturated carbocycles. The number of fused-ring (bicyclic) bond motifs is 1. The lowest BCUT2D eigenvalue weighted by atomic mass is 9.84. The number of carbonyl (C=O) groups is 1. The molecule has 3 aliphatic rings. The summed E-state index contributed by atoms with van der Waals surface area (Å²) in [7, 11) is 0. The highest BCUT2D eigenvalue weighted by molar-refractivity contribution is 5.94. The van der Waals surface area contributed by atoms with E-state index < -0.39 is 5.60 Å². The van der Waals surface area contributed by atoms with Gasteiger partial charge in [-0.25, -0.2) is 4.52 Å². The molecule has 1 spiro atoms. The van der Waals surface area contributed by atoms with Crippen molar-refractivity contribution in [3.8, 4) is 0 Å². The number of amides is 1. The van der Waals surface area contributed by atoms with Gasteiger partial charge in [-0.1, -0.05) is 29.8 Å². The van der Waals surface area contributed by atoms with Crippen molar-refractivity contribution in [2.45, 2.75) is 43.8 Å². The summed E-state index contributed by atoms with van der Waals surface area (Å²) in [6.45, 7) is 7.19. The first-order valence-electron chi connectivity index (χ1n) is 15.3. The monoisotopic (exact) mass is 581 g/mol. The Labute approximate surface area is 251 Å². The molecule has 3 aliphatic heterocycles. The second kappa shape index (κ2) is 11.3. The average molecular weight is 582 g/mol. The lowest BCUT2D eigenvalue weighted by Crippen LogP contribution is -2.57. The summed E-state index contributed by atoms with van der Waals surface area (Å²) < 4.78 is 7.92. The third-order valence-corrected chi connectivity index (χ3v) is 9.30. The number of nitrogens with one attached hydrogen (secondary N) is 2. The molecule has 0 radical (unpaired) electrons. The summed E-state index contributed by atoms with van der Waals surface area (Å²) in [5, 5.41) is 22.7. The van der Waals surface area contributed by atoms with E-state index in [4.69, 9.17) is 9.72 Å². The van der Waals surface area contributed by atoms with E-state index >= 15 is 0 Å². The molecular formula is C33H39N7O3. The summed E-state index contributed by atoms with van der Waals surface area (Å²) in [5.74, 6) is 0.528. The molecule has 0 atom stereocenters. The number of nitrogens with zero attached hydrogens (tertiary/aromatic N) is 5. The third kappa shape index (κ3) is 5.58. The van der Waals surface area contributed by atoms with Gasteiger partial charge in [-0.3, -0.25) is 4.79 Å². The van der Waals surface area contributed by atoms with Gasteiger partial charge in [0.1, 0.15) is 0 Å². The minimum atomic E-state index is -0.820. The number of piperidine rings is 2. The maximum atomic E-state index is 13.3. The van der Waals surface area contributed by atoms with Crippen molar-refractivity contribution < 1.29 is 14.6 Å². The number of aliphatic hydroxyl groups is 1. The van der Waals surface area contributed by atoms with Crippen LogP contribution in [-0.2, 0) is 10.3 Å². The second-order valence-corrected chi connectivity index (χ2v) is 12.2. The van der Waals surface area contributed by atoms with Gasteiger partial charge in [0, 0.05) is 37.1 Å². The van der Waals surface area contributed by atoms with E-state index in [0.29, 0.717) is 44.0 Å². The van der Waals surface area contributed by atoms with Crippen LogP contribution in [0.25, 0.3) is 5.65 Å². The summed E-state index contributed by atoms with van der Waals surface area (Å²) >= 11 is 0. The largest absolute Gasteiger partial charge is 0.385 e. The van der Waals surface area contributed by atoms with Crippen LogP contribution in [0.15, 0.2) is 66.9 Å². The zero-order chi connectivity index (χ0) is 29.4. The molecule has 2 aromatic carbocycles. The van der Waals surface area contributed by atoms with Crippen molar-refractivity contribution in [2.24, 2.45) is 0 Å². The number of hydrogen-bond donors (Lipinski definition) is 3. The van der Waals surface area contributed by atoms with Crippen molar-refractivity contribution in [1.29, 1.82) is 0 Å². The predicted molar refractivity (Wildman–Crippen MR) is 166 cm³/mol. The Balaban J connectivity index is 1.02. The van der Waals surface area contributed by atoms with Crippen molar-refractivity contribution in [3.63, 3.8) is 0 Å². The van der Waals surface area contributed by atoms with Gasteiger partial charge in [-0.2, -0.15) is 4.98 Å². The van der Waals surface area contributed by atoms with Gasteiger partial charge in [0.25, 0.3) is 5.91 Å². The molecule has 7 rings (SSSR count). The number of anilines is 3. The van der Waals surface area contributed by atoms with Gasteiger partial charge < -0.3 is 30.3 Å². The highest BCUT2D eigenvalue weighted by Gasteiger charge is 2.39. The molecule has 4 aromatic rings. The van der Waals surface area contributed by atoms with Crippen molar-refractivity contribution >= 4 is 28.9 Å². The minimum Gasteiger partial charge on any atom is -0.385 e. The number of pyridine rings is 1. The van der Waals surface area contributed by atoms with Crippen LogP contribution in [0.3, 0.4) is 0 Å². The molecule has 0 aliphatic carbocycles. The molecule has 0 bridgehead atoms. The van der Waals surface area contributed by atoms with Gasteiger partial charge in [-0.05, 0) is 87.7 Å². The fraction of sp³-hybridized carbons (Fsp3) is 0.424. The third-order valence-electron chi connectivity index (χ3n) is 9.30. The van der Waals surface area contributed by atoms with E-state index in [1.54, 1.807) is 4.52 Å². The fourth-order valence-corrected chi connectivity index (χ4v) is 6.67. The first-order chi connectivity index (χ1) is 20.9. The predicted octanol–water partition coefficient (Wildman–Crippen LogP) is 3.86. The number of aromatic nitrogens is 3. The molecule has 5 heterocycles. The first-order valence-corrected chi connectivity index (χ1v) is 15.3. The fourth-order valence-electron chi connectivity index (χ4n) is 6.67. The van der Waals surface area contributed by atoms with Crippen LogP contribution in [0.5, 0.6) is 0 Å². The zero-order valence-corrected chi connectivity index (χ0v) is 24.6. The smallest absolute Gasteiger partial charge is 0.254 e. The highest BCUT2D eigenvalue weighted by atomic mass is 16.5. The molecule has 10 heteroatoms. The number of aryl methyl sites for hydroxylation is 1. The number of carbonyl (C=O) groups excluding carboxylic acids is 1. The van der Waals surface area contributed by atoms with Crippen molar-refractivity contribution in [3.05, 3.63) is 83.6 Å². The Bertz CT molecular complexity index is 1580. The number of morpholine rings is 1. The molecule has 43 heavy (non-hydrogen) atoms. The Kier molecular flexibility index (Phi) is 7.28. The van der Waals surface area contributed by atoms with Gasteiger partial charge in [0.05, 0.1) is 30.0 Å². The Hall–Kier alpha value is -3.99. The molecular weight excluding hydrogens is 542 g/mol. The van der Waals surface area contributed by atoms with Crippen molar-refractivity contribution in [2.75, 3.05) is 56.1 Å². The summed E-state index contributed by atoms with van der Waals surface area (Å²) in [4.78, 5) is 22.3. The van der Waals surface area contributed by atoms with Crippen LogP contribution in [0, 0.1) is 6.92 Å². The highest BCUT2D eigenvalue weighted by Crippen LogP contribution is 2.36. The van der Waals surface area contributed by atoms with Gasteiger partial charge in [0.2, 0.25) is 5.95 Å². The number of hydrogen-bond acceptors (Lipinski definition) is 8. The van der Waals surface area contributed by atoms with Crippen LogP contribution in [0.4, 0.5) is 17.3 Å². The van der Waals surface area contributed by atoms with E-state index in [-0.39, 0.29) is 11.5 Å². The van der Waals surface area contributed by atoms with E-state index in [2.05, 4.69) is 45.8 Å². The zero-order valence-electron chi connectivity index (χ0n) is 24.6. The average Bonchev–Trinajstić information content (AvgIpc) is 3.45. The second-order valence-electron chi connectivity index (χ2n) is 12.2. The molecule has 224 valence electrons. The number of rotatable bonds is 5. The van der Waals surface area contributed by atoms with Crippen LogP contribution in [-0.4, -0.2) is 82.0 Å². The van der Waals surface area contributed by atoms with Crippen LogP contribution < -0.4 is 15.5 Å². The Morgan fingerprint density at radius 2 is 1.72 bits per heavy atom. The van der Waals surface area contributed by atoms with E-state index in [1.807, 2.05) is 53.6 Å².